The highest BCUT2D eigenvalue weighted by atomic mass is 19.4. The number of hydrazone groups is 1. The molecule has 1 amide bonds. The van der Waals surface area contributed by atoms with Gasteiger partial charge in [-0.15, -0.1) is 0 Å². The molecule has 1 N–H and O–H groups in total. The zero-order valence-electron chi connectivity index (χ0n) is 21.2. The number of fused-ring (bicyclic) bond motifs is 4. The van der Waals surface area contributed by atoms with Crippen molar-refractivity contribution in [2.24, 2.45) is 10.5 Å². The Morgan fingerprint density at radius 1 is 1.18 bits per heavy atom. The molecular formula is C27H29F3N4O4. The Bertz CT molecular complexity index is 1280. The molecule has 0 radical (unpaired) electrons. The van der Waals surface area contributed by atoms with E-state index in [4.69, 9.17) is 4.74 Å². The van der Waals surface area contributed by atoms with Gasteiger partial charge < -0.3 is 14.7 Å². The Balaban J connectivity index is 1.55. The topological polar surface area (TPSA) is 85.7 Å². The molecule has 0 aliphatic carbocycles. The molecule has 0 aromatic heterocycles. The fourth-order valence-corrected chi connectivity index (χ4v) is 5.84. The summed E-state index contributed by atoms with van der Waals surface area (Å²) in [6.07, 6.45) is -4.43. The van der Waals surface area contributed by atoms with Crippen molar-refractivity contribution in [3.05, 3.63) is 59.2 Å². The van der Waals surface area contributed by atoms with Crippen molar-refractivity contribution in [3.8, 4) is 0 Å². The Morgan fingerprint density at radius 2 is 1.92 bits per heavy atom. The molecule has 38 heavy (non-hydrogen) atoms. The minimum Gasteiger partial charge on any atom is -0.462 e. The predicted molar refractivity (Wildman–Crippen MR) is 135 cm³/mol. The van der Waals surface area contributed by atoms with E-state index in [9.17, 15) is 27.9 Å². The van der Waals surface area contributed by atoms with Crippen molar-refractivity contribution in [1.82, 2.24) is 4.90 Å². The van der Waals surface area contributed by atoms with Gasteiger partial charge >= 0.3 is 12.1 Å². The molecule has 2 atom stereocenters. The second-order valence-corrected chi connectivity index (χ2v) is 9.79. The van der Waals surface area contributed by atoms with Gasteiger partial charge in [-0.05, 0) is 68.3 Å². The number of amides is 1. The van der Waals surface area contributed by atoms with Crippen molar-refractivity contribution < 1.29 is 32.6 Å². The zero-order chi connectivity index (χ0) is 27.2. The van der Waals surface area contributed by atoms with Crippen LogP contribution in [-0.2, 0) is 22.1 Å². The number of benzene rings is 2. The largest absolute Gasteiger partial charge is 0.462 e. The third-order valence-electron chi connectivity index (χ3n) is 7.73. The zero-order valence-corrected chi connectivity index (χ0v) is 21.2. The quantitative estimate of drug-likeness (QED) is 0.597. The lowest BCUT2D eigenvalue weighted by Gasteiger charge is -2.53. The van der Waals surface area contributed by atoms with Gasteiger partial charge in [-0.3, -0.25) is 9.69 Å². The van der Waals surface area contributed by atoms with Crippen molar-refractivity contribution >= 4 is 29.0 Å². The highest BCUT2D eigenvalue weighted by molar-refractivity contribution is 6.20. The number of alkyl halides is 3. The normalized spacial score (nSPS) is 23.4. The molecule has 0 bridgehead atoms. The average Bonchev–Trinajstić information content (AvgIpc) is 3.14. The molecular weight excluding hydrogens is 501 g/mol. The van der Waals surface area contributed by atoms with Crippen molar-refractivity contribution in [2.75, 3.05) is 49.3 Å². The van der Waals surface area contributed by atoms with Gasteiger partial charge in [0.05, 0.1) is 41.8 Å². The summed E-state index contributed by atoms with van der Waals surface area (Å²) in [5.41, 5.74) is 0.497. The Labute approximate surface area is 218 Å². The summed E-state index contributed by atoms with van der Waals surface area (Å²) in [6, 6.07) is 9.66. The molecule has 202 valence electrons. The van der Waals surface area contributed by atoms with Crippen LogP contribution >= 0.6 is 0 Å². The highest BCUT2D eigenvalue weighted by Crippen LogP contribution is 2.49. The van der Waals surface area contributed by atoms with Crippen LogP contribution in [0.1, 0.15) is 35.3 Å². The molecule has 0 saturated carbocycles. The number of aliphatic hydroxyl groups excluding tert-OH is 1. The summed E-state index contributed by atoms with van der Waals surface area (Å²) in [5, 5.41) is 15.4. The molecule has 1 saturated heterocycles. The summed E-state index contributed by atoms with van der Waals surface area (Å²) in [5.74, 6) is -0.808. The van der Waals surface area contributed by atoms with Crippen LogP contribution in [-0.4, -0.2) is 73.0 Å². The second-order valence-electron chi connectivity index (χ2n) is 9.79. The molecule has 11 heteroatoms. The van der Waals surface area contributed by atoms with Gasteiger partial charge in [0.25, 0.3) is 5.91 Å². The molecule has 8 nitrogen and oxygen atoms in total. The van der Waals surface area contributed by atoms with E-state index in [-0.39, 0.29) is 31.6 Å². The van der Waals surface area contributed by atoms with Gasteiger partial charge in [0.1, 0.15) is 5.41 Å². The van der Waals surface area contributed by atoms with Crippen molar-refractivity contribution in [1.29, 1.82) is 0 Å². The van der Waals surface area contributed by atoms with Crippen LogP contribution in [0.4, 0.5) is 24.5 Å². The first-order valence-corrected chi connectivity index (χ1v) is 12.6. The van der Waals surface area contributed by atoms with E-state index in [1.54, 1.807) is 38.1 Å². The van der Waals surface area contributed by atoms with Crippen LogP contribution in [0.15, 0.2) is 47.6 Å². The van der Waals surface area contributed by atoms with E-state index in [1.807, 2.05) is 4.90 Å². The van der Waals surface area contributed by atoms with Gasteiger partial charge in [-0.1, -0.05) is 0 Å². The minimum atomic E-state index is -4.51. The number of nitrogens with zero attached hydrogens (tertiary/aromatic N) is 4. The summed E-state index contributed by atoms with van der Waals surface area (Å²) in [7, 11) is 0. The smallest absolute Gasteiger partial charge is 0.416 e. The summed E-state index contributed by atoms with van der Waals surface area (Å²) < 4.78 is 45.8. The van der Waals surface area contributed by atoms with Gasteiger partial charge in [0.15, 0.2) is 0 Å². The monoisotopic (exact) mass is 530 g/mol. The van der Waals surface area contributed by atoms with E-state index in [0.717, 1.165) is 12.1 Å². The van der Waals surface area contributed by atoms with Gasteiger partial charge in [-0.25, -0.2) is 4.79 Å². The highest BCUT2D eigenvalue weighted by Gasteiger charge is 2.60. The van der Waals surface area contributed by atoms with Crippen LogP contribution in [0.3, 0.4) is 0 Å². The third-order valence-corrected chi connectivity index (χ3v) is 7.73. The number of piperazine rings is 1. The Morgan fingerprint density at radius 3 is 2.58 bits per heavy atom. The number of carbonyl (C=O) groups excluding carboxylic acids is 2. The minimum absolute atomic E-state index is 0.0365. The molecule has 1 spiro atoms. The molecule has 2 aromatic rings. The maximum atomic E-state index is 14.2. The SMILES string of the molecule is CCOC(=O)c1ccc(N2N=C(C)[C@]3(Cc4cc(C(F)(F)F)ccc4N4CCN(CCO)C[C@H]43)C2=O)cc1. The Hall–Kier alpha value is -3.44. The van der Waals surface area contributed by atoms with Crippen molar-refractivity contribution in [3.63, 3.8) is 0 Å². The first-order chi connectivity index (χ1) is 18.1. The maximum absolute atomic E-state index is 14.2. The van der Waals surface area contributed by atoms with Crippen LogP contribution in [0.25, 0.3) is 0 Å². The van der Waals surface area contributed by atoms with E-state index in [2.05, 4.69) is 10.0 Å². The molecule has 3 aliphatic rings. The number of carbonyl (C=O) groups is 2. The molecule has 5 rings (SSSR count). The first kappa shape index (κ1) is 26.2. The predicted octanol–water partition coefficient (Wildman–Crippen LogP) is 3.33. The fraction of sp³-hybridized carbons (Fsp3) is 0.444. The maximum Gasteiger partial charge on any atom is 0.416 e. The number of rotatable bonds is 5. The second kappa shape index (κ2) is 9.70. The van der Waals surface area contributed by atoms with E-state index >= 15 is 0 Å². The van der Waals surface area contributed by atoms with Gasteiger partial charge in [-0.2, -0.15) is 23.3 Å². The molecule has 0 unspecified atom stereocenters. The lowest BCUT2D eigenvalue weighted by atomic mass is 9.67. The number of aliphatic hydroxyl groups is 1. The number of halogens is 3. The van der Waals surface area contributed by atoms with E-state index in [1.165, 1.54) is 11.1 Å². The number of esters is 1. The number of β-amino-alcohol motifs (C(OH)–C–C–N with tert-alkyl or cyclic N) is 1. The third kappa shape index (κ3) is 4.23. The first-order valence-electron chi connectivity index (χ1n) is 12.6. The van der Waals surface area contributed by atoms with Crippen molar-refractivity contribution in [2.45, 2.75) is 32.5 Å². The Kier molecular flexibility index (Phi) is 6.68. The van der Waals surface area contributed by atoms with Crippen LogP contribution in [0, 0.1) is 5.41 Å². The van der Waals surface area contributed by atoms with Crippen LogP contribution < -0.4 is 9.91 Å². The molecule has 1 fully saturated rings. The van der Waals surface area contributed by atoms with Crippen LogP contribution in [0.5, 0.6) is 0 Å². The van der Waals surface area contributed by atoms with Gasteiger partial charge in [0.2, 0.25) is 0 Å². The van der Waals surface area contributed by atoms with Gasteiger partial charge in [0, 0.05) is 31.9 Å². The lowest BCUT2D eigenvalue weighted by Crippen LogP contribution is -2.67. The summed E-state index contributed by atoms with van der Waals surface area (Å²) in [6.45, 7) is 5.65. The number of anilines is 2. The fourth-order valence-electron chi connectivity index (χ4n) is 5.84. The molecule has 3 aliphatic heterocycles. The number of hydrogen-bond acceptors (Lipinski definition) is 7. The standard InChI is InChI=1S/C27H29F3N4O4/c1-3-38-24(36)18-4-7-21(8-5-18)34-25(37)26(17(2)31-34)15-19-14-20(27(28,29)30)6-9-22(19)33-11-10-32(12-13-35)16-23(26)33/h4-9,14,23,35H,3,10-13,15-16H2,1-2H3/t23-,26-/m0/s1. The average molecular weight is 531 g/mol. The molecule has 3 heterocycles. The van der Waals surface area contributed by atoms with E-state index in [0.29, 0.717) is 54.4 Å². The summed E-state index contributed by atoms with van der Waals surface area (Å²) >= 11 is 0. The summed E-state index contributed by atoms with van der Waals surface area (Å²) in [4.78, 5) is 30.4. The molecule has 2 aromatic carbocycles. The van der Waals surface area contributed by atoms with E-state index < -0.39 is 23.1 Å². The number of ether oxygens (including phenoxy) is 1. The van der Waals surface area contributed by atoms with Crippen LogP contribution in [0.2, 0.25) is 0 Å². The lowest BCUT2D eigenvalue weighted by molar-refractivity contribution is -0.137. The number of hydrogen-bond donors (Lipinski definition) is 1.